The van der Waals surface area contributed by atoms with E-state index >= 15 is 0 Å². The Hall–Kier alpha value is -8.04. The predicted molar refractivity (Wildman–Crippen MR) is 286 cm³/mol. The maximum atomic E-state index is 13.3. The fourth-order valence-electron chi connectivity index (χ4n) is 7.44. The van der Waals surface area contributed by atoms with E-state index in [2.05, 4.69) is 34.3 Å². The van der Waals surface area contributed by atoms with Crippen LogP contribution in [0.4, 0.5) is 0 Å². The van der Waals surface area contributed by atoms with E-state index in [1.807, 2.05) is 48.5 Å². The number of carbonyl (C=O) groups is 8. The monoisotopic (exact) mass is 1070 g/mol. The Kier molecular flexibility index (Phi) is 25.0. The van der Waals surface area contributed by atoms with Gasteiger partial charge in [-0.15, -0.1) is 0 Å². The van der Waals surface area contributed by atoms with Gasteiger partial charge in [-0.2, -0.15) is 0 Å². The molecule has 1 heterocycles. The molecule has 0 aliphatic carbocycles. The highest BCUT2D eigenvalue weighted by atomic mass is 16.7. The Morgan fingerprint density at radius 2 is 0.949 bits per heavy atom. The van der Waals surface area contributed by atoms with Crippen LogP contribution in [-0.4, -0.2) is 154 Å². The summed E-state index contributed by atoms with van der Waals surface area (Å²) < 4.78 is 31.7. The van der Waals surface area contributed by atoms with Crippen LogP contribution in [-0.2, 0) is 70.4 Å². The maximum absolute atomic E-state index is 13.3. The molecule has 0 spiro atoms. The molecule has 1 saturated heterocycles. The first-order chi connectivity index (χ1) is 37.3. The number of carbonyl (C=O) groups excluding carboxylic acids is 8. The van der Waals surface area contributed by atoms with Gasteiger partial charge >= 0.3 is 11.9 Å². The standard InChI is InChI=1S/C32H38N2O8.C27H30N2O7/c1-23(35)40-20-19-39-21-26-12-10-24(11-13-26)8-9-25-14-16-27(17-15-25)30(37)34(4)32(2,31(38)33-3)28(36)22-42-29-7-5-6-18-41-29;1-19(31)36-16-15-35-18-22-9-7-20(8-10-22)5-6-21-11-13-23(14-12-21)25(33)29(4)27(2,24(32)17-30)26(34)28-3/h10-17,29H,5-7,18-22H2,1-4H3,(H,33,38);7-14,30H,15-18H2,1-4H3,(H,28,34)/t29?,32-;27-/m11/s1. The van der Waals surface area contributed by atoms with Crippen molar-refractivity contribution in [1.82, 2.24) is 20.4 Å². The number of nitrogens with zero attached hydrogens (tertiary/aromatic N) is 2. The molecule has 5 rings (SSSR count). The number of hydrogen-bond acceptors (Lipinski definition) is 15. The van der Waals surface area contributed by atoms with Crippen molar-refractivity contribution in [3.8, 4) is 23.7 Å². The highest BCUT2D eigenvalue weighted by molar-refractivity contribution is 6.15. The molecule has 1 aliphatic heterocycles. The van der Waals surface area contributed by atoms with Crippen molar-refractivity contribution in [2.45, 2.75) is 77.5 Å². The number of rotatable bonds is 22. The van der Waals surface area contributed by atoms with Crippen molar-refractivity contribution in [3.63, 3.8) is 0 Å². The summed E-state index contributed by atoms with van der Waals surface area (Å²) in [5, 5.41) is 14.1. The number of aliphatic hydroxyl groups is 1. The topological polar surface area (TPSA) is 243 Å². The summed E-state index contributed by atoms with van der Waals surface area (Å²) >= 11 is 0. The first-order valence-corrected chi connectivity index (χ1v) is 25.0. The van der Waals surface area contributed by atoms with Crippen molar-refractivity contribution < 1.29 is 71.9 Å². The van der Waals surface area contributed by atoms with Gasteiger partial charge in [0.15, 0.2) is 28.9 Å². The lowest BCUT2D eigenvalue weighted by Gasteiger charge is -2.36. The van der Waals surface area contributed by atoms with Crippen LogP contribution in [0.5, 0.6) is 0 Å². The van der Waals surface area contributed by atoms with Gasteiger partial charge in [0.1, 0.15) is 26.4 Å². The average Bonchev–Trinajstić information content (AvgIpc) is 3.47. The predicted octanol–water partition coefficient (Wildman–Crippen LogP) is 4.16. The molecule has 414 valence electrons. The molecule has 0 saturated carbocycles. The zero-order chi connectivity index (χ0) is 57.3. The highest BCUT2D eigenvalue weighted by Crippen LogP contribution is 2.22. The van der Waals surface area contributed by atoms with Gasteiger partial charge in [0.25, 0.3) is 23.6 Å². The molecule has 19 nitrogen and oxygen atoms in total. The number of likely N-dealkylation sites (N-methyl/N-ethyl adjacent to an activating group) is 4. The number of aliphatic hydroxyl groups excluding tert-OH is 1. The Morgan fingerprint density at radius 3 is 1.28 bits per heavy atom. The van der Waals surface area contributed by atoms with Crippen molar-refractivity contribution >= 4 is 47.1 Å². The normalized spacial score (nSPS) is 14.0. The molecule has 0 bridgehead atoms. The first kappa shape index (κ1) is 62.5. The van der Waals surface area contributed by atoms with Crippen LogP contribution in [0.25, 0.3) is 0 Å². The lowest BCUT2D eigenvalue weighted by Crippen LogP contribution is -2.62. The third kappa shape index (κ3) is 18.3. The number of benzene rings is 4. The number of amides is 4. The van der Waals surface area contributed by atoms with Crippen molar-refractivity contribution in [2.24, 2.45) is 0 Å². The van der Waals surface area contributed by atoms with Crippen molar-refractivity contribution in [1.29, 1.82) is 0 Å². The van der Waals surface area contributed by atoms with Gasteiger partial charge in [0.2, 0.25) is 0 Å². The van der Waals surface area contributed by atoms with Gasteiger partial charge in [0.05, 0.1) is 26.4 Å². The highest BCUT2D eigenvalue weighted by Gasteiger charge is 2.47. The van der Waals surface area contributed by atoms with Crippen molar-refractivity contribution in [3.05, 3.63) is 142 Å². The largest absolute Gasteiger partial charge is 0.463 e. The summed E-state index contributed by atoms with van der Waals surface area (Å²) in [5.74, 6) is 7.87. The Labute approximate surface area is 455 Å². The molecular formula is C59H68N4O15. The molecule has 1 aliphatic rings. The van der Waals surface area contributed by atoms with E-state index in [9.17, 15) is 43.5 Å². The Balaban J connectivity index is 0.000000341. The molecule has 3 N–H and O–H groups in total. The summed E-state index contributed by atoms with van der Waals surface area (Å²) in [7, 11) is 5.54. The molecule has 4 aromatic rings. The first-order valence-electron chi connectivity index (χ1n) is 25.0. The summed E-state index contributed by atoms with van der Waals surface area (Å²) in [6, 6.07) is 28.2. The smallest absolute Gasteiger partial charge is 0.302 e. The average molecular weight is 1070 g/mol. The van der Waals surface area contributed by atoms with Gasteiger partial charge in [-0.25, -0.2) is 0 Å². The van der Waals surface area contributed by atoms with Crippen LogP contribution in [0.3, 0.4) is 0 Å². The number of ether oxygens (including phenoxy) is 6. The van der Waals surface area contributed by atoms with Gasteiger partial charge in [-0.3, -0.25) is 38.4 Å². The Morgan fingerprint density at radius 1 is 0.577 bits per heavy atom. The molecule has 4 amide bonds. The maximum Gasteiger partial charge on any atom is 0.302 e. The van der Waals surface area contributed by atoms with Crippen LogP contribution >= 0.6 is 0 Å². The Bertz CT molecular complexity index is 2810. The zero-order valence-electron chi connectivity index (χ0n) is 45.4. The van der Waals surface area contributed by atoms with E-state index in [0.29, 0.717) is 56.1 Å². The number of nitrogens with one attached hydrogen (secondary N) is 2. The van der Waals surface area contributed by atoms with E-state index in [1.54, 1.807) is 48.5 Å². The van der Waals surface area contributed by atoms with Gasteiger partial charge < -0.3 is 54.0 Å². The second-order valence-electron chi connectivity index (χ2n) is 18.0. The molecule has 19 heteroatoms. The van der Waals surface area contributed by atoms with Crippen LogP contribution < -0.4 is 10.6 Å². The van der Waals surface area contributed by atoms with Crippen LogP contribution in [0.15, 0.2) is 97.1 Å². The van der Waals surface area contributed by atoms with E-state index in [4.69, 9.17) is 28.4 Å². The third-order valence-corrected chi connectivity index (χ3v) is 12.5. The quantitative estimate of drug-likeness (QED) is 0.0433. The van der Waals surface area contributed by atoms with Crippen LogP contribution in [0, 0.1) is 23.7 Å². The molecule has 4 aromatic carbocycles. The van der Waals surface area contributed by atoms with Gasteiger partial charge in [-0.1, -0.05) is 47.9 Å². The second kappa shape index (κ2) is 31.2. The SMILES string of the molecule is CNC(=O)[C@@](C)(C(=O)CO)N(C)C(=O)c1ccc(C#Cc2ccc(COCCOC(C)=O)cc2)cc1.CNC(=O)[C@@](C)(C(=O)COC1CCCCO1)N(C)C(=O)c1ccc(C#Cc2ccc(COCCOC(C)=O)cc2)cc1. The minimum Gasteiger partial charge on any atom is -0.463 e. The van der Waals surface area contributed by atoms with E-state index in [1.165, 1.54) is 55.9 Å². The summed E-state index contributed by atoms with van der Waals surface area (Å²) in [4.78, 5) is 101. The van der Waals surface area contributed by atoms with Gasteiger partial charge in [-0.05, 0) is 117 Å². The number of ketones is 2. The fourth-order valence-corrected chi connectivity index (χ4v) is 7.44. The summed E-state index contributed by atoms with van der Waals surface area (Å²) in [5.41, 5.74) is 1.83. The van der Waals surface area contributed by atoms with Crippen LogP contribution in [0.2, 0.25) is 0 Å². The molecule has 0 aromatic heterocycles. The second-order valence-corrected chi connectivity index (χ2v) is 18.0. The van der Waals surface area contributed by atoms with E-state index in [-0.39, 0.29) is 37.3 Å². The minimum atomic E-state index is -1.85. The van der Waals surface area contributed by atoms with E-state index in [0.717, 1.165) is 44.9 Å². The van der Waals surface area contributed by atoms with Crippen LogP contribution in [0.1, 0.15) is 101 Å². The lowest BCUT2D eigenvalue weighted by molar-refractivity contribution is -0.174. The lowest BCUT2D eigenvalue weighted by atomic mass is 9.92. The molecule has 78 heavy (non-hydrogen) atoms. The summed E-state index contributed by atoms with van der Waals surface area (Å²) in [6.45, 7) is 6.60. The van der Waals surface area contributed by atoms with E-state index < -0.39 is 59.2 Å². The van der Waals surface area contributed by atoms with Crippen molar-refractivity contribution in [2.75, 3.05) is 74.4 Å². The molecule has 1 fully saturated rings. The van der Waals surface area contributed by atoms with Gasteiger partial charge in [0, 0.05) is 82.0 Å². The third-order valence-electron chi connectivity index (χ3n) is 12.5. The molecule has 0 radical (unpaired) electrons. The number of esters is 2. The fraction of sp³-hybridized carbons (Fsp3) is 0.390. The zero-order valence-corrected chi connectivity index (χ0v) is 45.4. The minimum absolute atomic E-state index is 0.216. The molecular weight excluding hydrogens is 1000 g/mol. The summed E-state index contributed by atoms with van der Waals surface area (Å²) in [6.07, 6.45) is 2.06. The number of hydrogen-bond donors (Lipinski definition) is 3. The molecule has 3 atom stereocenters. The number of Topliss-reactive ketones (excluding diaryl/α,β-unsaturated/α-hetero) is 2. The molecule has 1 unspecified atom stereocenters.